The number of phenolic OH excluding ortho intramolecular Hbond substituents is 1. The molecule has 76 valence electrons. The largest absolute Gasteiger partial charge is 0.505 e. The molecule has 1 aromatic heterocycles. The Morgan fingerprint density at radius 3 is 2.47 bits per heavy atom. The van der Waals surface area contributed by atoms with Crippen LogP contribution in [0.25, 0.3) is 11.1 Å². The van der Waals surface area contributed by atoms with E-state index in [2.05, 4.69) is 4.98 Å². The highest BCUT2D eigenvalue weighted by Gasteiger charge is 2.03. The van der Waals surface area contributed by atoms with Crippen molar-refractivity contribution in [1.29, 1.82) is 0 Å². The lowest BCUT2D eigenvalue weighted by atomic mass is 10.1. The van der Waals surface area contributed by atoms with E-state index < -0.39 is 5.82 Å². The fourth-order valence-corrected chi connectivity index (χ4v) is 1.28. The van der Waals surface area contributed by atoms with E-state index in [0.717, 1.165) is 0 Å². The van der Waals surface area contributed by atoms with Gasteiger partial charge in [-0.05, 0) is 29.3 Å². The third-order valence-corrected chi connectivity index (χ3v) is 2.07. The Labute approximate surface area is 84.8 Å². The lowest BCUT2D eigenvalue weighted by molar-refractivity contribution is 0.432. The normalized spacial score (nSPS) is 10.2. The molecule has 3 nitrogen and oxygen atoms in total. The van der Waals surface area contributed by atoms with Gasteiger partial charge >= 0.3 is 0 Å². The summed E-state index contributed by atoms with van der Waals surface area (Å²) in [5.74, 6) is -1.07. The molecule has 0 aliphatic carbocycles. The van der Waals surface area contributed by atoms with E-state index in [4.69, 9.17) is 5.11 Å². The van der Waals surface area contributed by atoms with Crippen LogP contribution in [-0.2, 0) is 0 Å². The van der Waals surface area contributed by atoms with Gasteiger partial charge in [-0.15, -0.1) is 0 Å². The summed E-state index contributed by atoms with van der Waals surface area (Å²) in [6.07, 6.45) is 1.49. The van der Waals surface area contributed by atoms with Crippen LogP contribution in [-0.4, -0.2) is 10.1 Å². The maximum absolute atomic E-state index is 13.0. The number of hydrogen-bond acceptors (Lipinski definition) is 2. The van der Waals surface area contributed by atoms with Gasteiger partial charge < -0.3 is 10.1 Å². The number of pyridine rings is 1. The highest BCUT2D eigenvalue weighted by Crippen LogP contribution is 2.23. The smallest absolute Gasteiger partial charge is 0.247 e. The van der Waals surface area contributed by atoms with E-state index in [0.29, 0.717) is 11.1 Å². The molecule has 0 fully saturated rings. The molecule has 0 saturated carbocycles. The zero-order valence-electron chi connectivity index (χ0n) is 7.70. The number of H-pyrrole nitrogens is 1. The SMILES string of the molecule is O=c1ccc(-c2ccc(O)c(F)c2)c[nH]1. The number of aromatic hydroxyl groups is 1. The molecule has 0 atom stereocenters. The summed E-state index contributed by atoms with van der Waals surface area (Å²) >= 11 is 0. The van der Waals surface area contributed by atoms with E-state index in [1.165, 1.54) is 24.4 Å². The zero-order chi connectivity index (χ0) is 10.8. The maximum Gasteiger partial charge on any atom is 0.247 e. The molecule has 0 aliphatic heterocycles. The second-order valence-electron chi connectivity index (χ2n) is 3.11. The summed E-state index contributed by atoms with van der Waals surface area (Å²) in [7, 11) is 0. The summed E-state index contributed by atoms with van der Waals surface area (Å²) < 4.78 is 13.0. The molecule has 0 radical (unpaired) electrons. The Morgan fingerprint density at radius 2 is 1.87 bits per heavy atom. The van der Waals surface area contributed by atoms with Gasteiger partial charge in [0.2, 0.25) is 5.56 Å². The number of aromatic nitrogens is 1. The molecule has 0 amide bonds. The lowest BCUT2D eigenvalue weighted by Gasteiger charge is -2.01. The molecular weight excluding hydrogens is 197 g/mol. The Morgan fingerprint density at radius 1 is 1.13 bits per heavy atom. The molecular formula is C11H8FNO2. The molecule has 0 saturated heterocycles. The molecule has 0 unspecified atom stereocenters. The summed E-state index contributed by atoms with van der Waals surface area (Å²) in [4.78, 5) is 13.3. The first kappa shape index (κ1) is 9.45. The molecule has 2 aromatic rings. The molecule has 0 bridgehead atoms. The van der Waals surface area contributed by atoms with Gasteiger partial charge in [0, 0.05) is 12.3 Å². The number of hydrogen-bond donors (Lipinski definition) is 2. The van der Waals surface area contributed by atoms with Gasteiger partial charge in [-0.1, -0.05) is 6.07 Å². The quantitative estimate of drug-likeness (QED) is 0.746. The molecule has 2 rings (SSSR count). The molecule has 15 heavy (non-hydrogen) atoms. The number of nitrogens with one attached hydrogen (secondary N) is 1. The highest BCUT2D eigenvalue weighted by atomic mass is 19.1. The Kier molecular flexibility index (Phi) is 2.25. The van der Waals surface area contributed by atoms with E-state index in [9.17, 15) is 9.18 Å². The van der Waals surface area contributed by atoms with Crippen LogP contribution in [0, 0.1) is 5.82 Å². The predicted molar refractivity (Wildman–Crippen MR) is 54.1 cm³/mol. The lowest BCUT2D eigenvalue weighted by Crippen LogP contribution is -2.01. The molecule has 0 spiro atoms. The van der Waals surface area contributed by atoms with E-state index in [-0.39, 0.29) is 11.3 Å². The third kappa shape index (κ3) is 1.88. The Hall–Kier alpha value is -2.10. The number of phenols is 1. The van der Waals surface area contributed by atoms with Gasteiger partial charge in [0.1, 0.15) is 0 Å². The first-order valence-electron chi connectivity index (χ1n) is 4.34. The standard InChI is InChI=1S/C11H8FNO2/c12-9-5-7(1-3-10(9)14)8-2-4-11(15)13-6-8/h1-6,14H,(H,13,15). The number of rotatable bonds is 1. The Balaban J connectivity index is 2.50. The van der Waals surface area contributed by atoms with Crippen molar-refractivity contribution in [2.45, 2.75) is 0 Å². The average molecular weight is 205 g/mol. The fourth-order valence-electron chi connectivity index (χ4n) is 1.28. The second-order valence-corrected chi connectivity index (χ2v) is 3.11. The first-order chi connectivity index (χ1) is 7.16. The number of aromatic amines is 1. The van der Waals surface area contributed by atoms with Crippen LogP contribution < -0.4 is 5.56 Å². The van der Waals surface area contributed by atoms with Crippen LogP contribution in [0.4, 0.5) is 4.39 Å². The van der Waals surface area contributed by atoms with Crippen molar-refractivity contribution in [2.75, 3.05) is 0 Å². The van der Waals surface area contributed by atoms with Crippen LogP contribution in [0.15, 0.2) is 41.3 Å². The minimum atomic E-state index is -0.682. The fraction of sp³-hybridized carbons (Fsp3) is 0. The number of benzene rings is 1. The summed E-state index contributed by atoms with van der Waals surface area (Å²) in [6.45, 7) is 0. The minimum Gasteiger partial charge on any atom is -0.505 e. The van der Waals surface area contributed by atoms with Crippen molar-refractivity contribution in [3.05, 3.63) is 52.7 Å². The van der Waals surface area contributed by atoms with Crippen LogP contribution in [0.5, 0.6) is 5.75 Å². The van der Waals surface area contributed by atoms with E-state index in [1.807, 2.05) is 0 Å². The monoisotopic (exact) mass is 205 g/mol. The van der Waals surface area contributed by atoms with Gasteiger partial charge in [0.15, 0.2) is 11.6 Å². The first-order valence-corrected chi connectivity index (χ1v) is 4.34. The molecule has 0 aliphatic rings. The second kappa shape index (κ2) is 3.57. The van der Waals surface area contributed by atoms with Crippen LogP contribution in [0.2, 0.25) is 0 Å². The van der Waals surface area contributed by atoms with E-state index in [1.54, 1.807) is 12.1 Å². The molecule has 2 N–H and O–H groups in total. The third-order valence-electron chi connectivity index (χ3n) is 2.07. The van der Waals surface area contributed by atoms with Crippen molar-refractivity contribution >= 4 is 0 Å². The van der Waals surface area contributed by atoms with E-state index >= 15 is 0 Å². The Bertz CT molecular complexity index is 528. The topological polar surface area (TPSA) is 53.1 Å². The number of halogens is 1. The molecule has 1 aromatic carbocycles. The van der Waals surface area contributed by atoms with Gasteiger partial charge in [-0.25, -0.2) is 4.39 Å². The highest BCUT2D eigenvalue weighted by molar-refractivity contribution is 5.63. The molecule has 1 heterocycles. The van der Waals surface area contributed by atoms with Gasteiger partial charge in [-0.2, -0.15) is 0 Å². The van der Waals surface area contributed by atoms with Crippen molar-refractivity contribution in [3.63, 3.8) is 0 Å². The van der Waals surface area contributed by atoms with Gasteiger partial charge in [-0.3, -0.25) is 4.79 Å². The summed E-state index contributed by atoms with van der Waals surface area (Å²) in [6, 6.07) is 7.01. The van der Waals surface area contributed by atoms with Gasteiger partial charge in [0.25, 0.3) is 0 Å². The zero-order valence-corrected chi connectivity index (χ0v) is 7.70. The van der Waals surface area contributed by atoms with Crippen molar-refractivity contribution in [1.82, 2.24) is 4.98 Å². The summed E-state index contributed by atoms with van der Waals surface area (Å²) in [5, 5.41) is 9.00. The van der Waals surface area contributed by atoms with Crippen molar-refractivity contribution in [3.8, 4) is 16.9 Å². The van der Waals surface area contributed by atoms with Crippen molar-refractivity contribution in [2.24, 2.45) is 0 Å². The maximum atomic E-state index is 13.0. The summed E-state index contributed by atoms with van der Waals surface area (Å²) in [5.41, 5.74) is 1.08. The molecule has 4 heteroatoms. The predicted octanol–water partition coefficient (Wildman–Crippen LogP) is 1.89. The van der Waals surface area contributed by atoms with Crippen molar-refractivity contribution < 1.29 is 9.50 Å². The minimum absolute atomic E-state index is 0.210. The van der Waals surface area contributed by atoms with Gasteiger partial charge in [0.05, 0.1) is 0 Å². The van der Waals surface area contributed by atoms with Crippen LogP contribution >= 0.6 is 0 Å². The average Bonchev–Trinajstić information content (AvgIpc) is 2.23. The van der Waals surface area contributed by atoms with Crippen LogP contribution in [0.3, 0.4) is 0 Å². The van der Waals surface area contributed by atoms with Crippen LogP contribution in [0.1, 0.15) is 0 Å².